The summed E-state index contributed by atoms with van der Waals surface area (Å²) in [6.07, 6.45) is 1.78. The number of amides is 3. The highest BCUT2D eigenvalue weighted by Crippen LogP contribution is 2.32. The lowest BCUT2D eigenvalue weighted by molar-refractivity contribution is -0.135. The zero-order valence-electron chi connectivity index (χ0n) is 17.8. The molecular formula is C23H21N5O5. The molecule has 5 rings (SSSR count). The number of benzene rings is 1. The van der Waals surface area contributed by atoms with Gasteiger partial charge in [0.2, 0.25) is 17.7 Å². The van der Waals surface area contributed by atoms with Gasteiger partial charge < -0.3 is 10.1 Å². The van der Waals surface area contributed by atoms with Crippen LogP contribution in [-0.4, -0.2) is 32.3 Å². The molecule has 2 atom stereocenters. The van der Waals surface area contributed by atoms with Gasteiger partial charge in [0, 0.05) is 18.2 Å². The van der Waals surface area contributed by atoms with Gasteiger partial charge >= 0.3 is 0 Å². The van der Waals surface area contributed by atoms with Crippen LogP contribution in [0.5, 0.6) is 0 Å². The van der Waals surface area contributed by atoms with Gasteiger partial charge in [-0.15, -0.1) is 0 Å². The normalized spacial score (nSPS) is 19.9. The Morgan fingerprint density at radius 3 is 2.91 bits per heavy atom. The van der Waals surface area contributed by atoms with Gasteiger partial charge in [-0.25, -0.2) is 4.98 Å². The summed E-state index contributed by atoms with van der Waals surface area (Å²) in [6, 6.07) is 7.82. The summed E-state index contributed by atoms with van der Waals surface area (Å²) in [6.45, 7) is 1.99. The number of rotatable bonds is 4. The van der Waals surface area contributed by atoms with Crippen molar-refractivity contribution in [2.45, 2.75) is 44.9 Å². The smallest absolute Gasteiger partial charge is 0.262 e. The number of fused-ring (bicyclic) bond motifs is 2. The SMILES string of the molecule is Cc1nc2c(NC(=O)CC3OCc4ncccc43)cccc2c(=O)n1C1CCC(=O)NC1=O. The fraction of sp³-hybridized carbons (Fsp3) is 0.304. The van der Waals surface area contributed by atoms with E-state index >= 15 is 0 Å². The molecule has 1 aromatic carbocycles. The number of hydrogen-bond donors (Lipinski definition) is 2. The minimum absolute atomic E-state index is 0.0986. The molecule has 0 saturated carbocycles. The van der Waals surface area contributed by atoms with E-state index in [9.17, 15) is 19.2 Å². The number of nitrogens with zero attached hydrogens (tertiary/aromatic N) is 3. The lowest BCUT2D eigenvalue weighted by Crippen LogP contribution is -2.45. The molecule has 0 bridgehead atoms. The number of hydrogen-bond acceptors (Lipinski definition) is 7. The topological polar surface area (TPSA) is 132 Å². The summed E-state index contributed by atoms with van der Waals surface area (Å²) >= 11 is 0. The van der Waals surface area contributed by atoms with E-state index in [0.717, 1.165) is 11.3 Å². The van der Waals surface area contributed by atoms with E-state index in [1.54, 1.807) is 31.3 Å². The average Bonchev–Trinajstić information content (AvgIpc) is 3.18. The molecule has 2 N–H and O–H groups in total. The second-order valence-electron chi connectivity index (χ2n) is 8.09. The second-order valence-corrected chi connectivity index (χ2v) is 8.09. The van der Waals surface area contributed by atoms with Crippen LogP contribution in [0.4, 0.5) is 5.69 Å². The molecule has 1 saturated heterocycles. The van der Waals surface area contributed by atoms with Crippen LogP contribution in [0.15, 0.2) is 41.3 Å². The lowest BCUT2D eigenvalue weighted by atomic mass is 10.1. The van der Waals surface area contributed by atoms with E-state index in [1.807, 2.05) is 12.1 Å². The first-order chi connectivity index (χ1) is 15.9. The van der Waals surface area contributed by atoms with E-state index in [2.05, 4.69) is 20.6 Å². The van der Waals surface area contributed by atoms with Crippen LogP contribution in [-0.2, 0) is 25.7 Å². The third-order valence-electron chi connectivity index (χ3n) is 5.97. The van der Waals surface area contributed by atoms with Gasteiger partial charge in [0.05, 0.1) is 35.9 Å². The van der Waals surface area contributed by atoms with Crippen LogP contribution in [0, 0.1) is 6.92 Å². The Hall–Kier alpha value is -3.92. The maximum absolute atomic E-state index is 13.2. The van der Waals surface area contributed by atoms with Crippen LogP contribution in [0.3, 0.4) is 0 Å². The number of anilines is 1. The zero-order valence-corrected chi connectivity index (χ0v) is 17.8. The Labute approximate surface area is 188 Å². The summed E-state index contributed by atoms with van der Waals surface area (Å²) in [5.74, 6) is -0.834. The van der Waals surface area contributed by atoms with E-state index in [0.29, 0.717) is 23.6 Å². The van der Waals surface area contributed by atoms with Crippen LogP contribution >= 0.6 is 0 Å². The number of ether oxygens (including phenoxy) is 1. The number of carbonyl (C=O) groups is 3. The molecule has 2 aliphatic heterocycles. The Bertz CT molecular complexity index is 1370. The van der Waals surface area contributed by atoms with Crippen LogP contribution < -0.4 is 16.2 Å². The van der Waals surface area contributed by atoms with Gasteiger partial charge in [-0.05, 0) is 31.5 Å². The van der Waals surface area contributed by atoms with Crippen molar-refractivity contribution in [3.05, 3.63) is 64.0 Å². The molecule has 2 aromatic heterocycles. The molecule has 4 heterocycles. The van der Waals surface area contributed by atoms with Crippen molar-refractivity contribution in [3.8, 4) is 0 Å². The number of piperidine rings is 1. The zero-order chi connectivity index (χ0) is 23.1. The molecule has 1 fully saturated rings. The van der Waals surface area contributed by atoms with Gasteiger partial charge in [0.1, 0.15) is 17.4 Å². The van der Waals surface area contributed by atoms with Gasteiger partial charge in [0.15, 0.2) is 0 Å². The second kappa shape index (κ2) is 8.21. The van der Waals surface area contributed by atoms with E-state index in [1.165, 1.54) is 4.57 Å². The van der Waals surface area contributed by atoms with Crippen molar-refractivity contribution in [2.24, 2.45) is 0 Å². The fourth-order valence-electron chi connectivity index (χ4n) is 4.40. The highest BCUT2D eigenvalue weighted by Gasteiger charge is 2.31. The minimum Gasteiger partial charge on any atom is -0.367 e. The highest BCUT2D eigenvalue weighted by molar-refractivity contribution is 6.01. The Kier molecular flexibility index (Phi) is 5.21. The van der Waals surface area contributed by atoms with Crippen molar-refractivity contribution >= 4 is 34.3 Å². The molecule has 10 nitrogen and oxygen atoms in total. The third kappa shape index (κ3) is 3.78. The van der Waals surface area contributed by atoms with Crippen molar-refractivity contribution in [2.75, 3.05) is 5.32 Å². The molecular weight excluding hydrogens is 426 g/mol. The molecule has 0 aliphatic carbocycles. The molecule has 0 spiro atoms. The van der Waals surface area contributed by atoms with Crippen LogP contribution in [0.1, 0.15) is 48.5 Å². The number of aromatic nitrogens is 3. The summed E-state index contributed by atoms with van der Waals surface area (Å²) in [7, 11) is 0. The van der Waals surface area contributed by atoms with Crippen molar-refractivity contribution in [1.29, 1.82) is 0 Å². The minimum atomic E-state index is -0.807. The van der Waals surface area contributed by atoms with Crippen molar-refractivity contribution < 1.29 is 19.1 Å². The Balaban J connectivity index is 1.43. The Morgan fingerprint density at radius 2 is 2.09 bits per heavy atom. The van der Waals surface area contributed by atoms with E-state index in [4.69, 9.17) is 4.74 Å². The summed E-state index contributed by atoms with van der Waals surface area (Å²) in [5.41, 5.74) is 2.06. The average molecular weight is 447 g/mol. The first-order valence-electron chi connectivity index (χ1n) is 10.6. The predicted octanol–water partition coefficient (Wildman–Crippen LogP) is 1.68. The summed E-state index contributed by atoms with van der Waals surface area (Å²) in [5, 5.41) is 5.38. The maximum Gasteiger partial charge on any atom is 0.262 e. The largest absolute Gasteiger partial charge is 0.367 e. The Morgan fingerprint density at radius 1 is 1.24 bits per heavy atom. The van der Waals surface area contributed by atoms with Gasteiger partial charge in [-0.2, -0.15) is 0 Å². The monoisotopic (exact) mass is 447 g/mol. The van der Waals surface area contributed by atoms with Gasteiger partial charge in [0.25, 0.3) is 5.56 Å². The summed E-state index contributed by atoms with van der Waals surface area (Å²) in [4.78, 5) is 58.6. The maximum atomic E-state index is 13.2. The molecule has 3 aromatic rings. The standard InChI is InChI=1S/C23H21N5O5/c1-12-25-21-14(23(32)28(12)17-7-8-19(29)27-22(17)31)4-2-6-15(21)26-20(30)10-18-13-5-3-9-24-16(13)11-33-18/h2-6,9,17-18H,7-8,10-11H2,1H3,(H,26,30)(H,27,29,31). The number of imide groups is 1. The molecule has 2 unspecified atom stereocenters. The predicted molar refractivity (Wildman–Crippen MR) is 117 cm³/mol. The van der Waals surface area contributed by atoms with Crippen LogP contribution in [0.25, 0.3) is 10.9 Å². The summed E-state index contributed by atoms with van der Waals surface area (Å²) < 4.78 is 7.02. The van der Waals surface area contributed by atoms with E-state index in [-0.39, 0.29) is 42.6 Å². The lowest BCUT2D eigenvalue weighted by Gasteiger charge is -2.24. The van der Waals surface area contributed by atoms with Crippen molar-refractivity contribution in [3.63, 3.8) is 0 Å². The quantitative estimate of drug-likeness (QED) is 0.582. The molecule has 2 aliphatic rings. The molecule has 168 valence electrons. The van der Waals surface area contributed by atoms with Gasteiger partial charge in [-0.3, -0.25) is 34.0 Å². The fourth-order valence-corrected chi connectivity index (χ4v) is 4.40. The molecule has 10 heteroatoms. The molecule has 3 amide bonds. The number of nitrogens with one attached hydrogen (secondary N) is 2. The number of para-hydroxylation sites is 1. The third-order valence-corrected chi connectivity index (χ3v) is 5.97. The van der Waals surface area contributed by atoms with E-state index < -0.39 is 17.5 Å². The number of aryl methyl sites for hydroxylation is 1. The van der Waals surface area contributed by atoms with Gasteiger partial charge in [-0.1, -0.05) is 12.1 Å². The van der Waals surface area contributed by atoms with Crippen LogP contribution in [0.2, 0.25) is 0 Å². The first-order valence-corrected chi connectivity index (χ1v) is 10.6. The molecule has 0 radical (unpaired) electrons. The number of carbonyl (C=O) groups excluding carboxylic acids is 3. The first kappa shape index (κ1) is 21.0. The van der Waals surface area contributed by atoms with Crippen molar-refractivity contribution in [1.82, 2.24) is 19.9 Å². The molecule has 33 heavy (non-hydrogen) atoms. The highest BCUT2D eigenvalue weighted by atomic mass is 16.5. The number of pyridine rings is 1.